The van der Waals surface area contributed by atoms with Gasteiger partial charge in [0.2, 0.25) is 11.8 Å². The predicted octanol–water partition coefficient (Wildman–Crippen LogP) is 5.07. The first-order valence-corrected chi connectivity index (χ1v) is 12.8. The molecule has 0 spiro atoms. The van der Waals surface area contributed by atoms with Crippen molar-refractivity contribution >= 4 is 16.9 Å². The molecule has 0 amide bonds. The van der Waals surface area contributed by atoms with Crippen molar-refractivity contribution < 1.29 is 14.2 Å². The monoisotopic (exact) mass is 476 g/mol. The van der Waals surface area contributed by atoms with Crippen LogP contribution in [-0.2, 0) is 6.54 Å². The molecule has 0 N–H and O–H groups in total. The molecule has 2 aliphatic rings. The van der Waals surface area contributed by atoms with Crippen LogP contribution < -0.4 is 19.1 Å². The van der Waals surface area contributed by atoms with Crippen molar-refractivity contribution in [3.63, 3.8) is 0 Å². The third-order valence-corrected chi connectivity index (χ3v) is 7.11. The molecule has 0 atom stereocenters. The average Bonchev–Trinajstić information content (AvgIpc) is 3.19. The topological polar surface area (TPSA) is 60.0 Å². The fourth-order valence-corrected chi connectivity index (χ4v) is 5.10. The van der Waals surface area contributed by atoms with Crippen molar-refractivity contribution in [2.24, 2.45) is 0 Å². The fourth-order valence-electron chi connectivity index (χ4n) is 5.10. The summed E-state index contributed by atoms with van der Waals surface area (Å²) < 4.78 is 17.7. The van der Waals surface area contributed by atoms with Gasteiger partial charge in [-0.25, -0.2) is 4.98 Å². The molecule has 0 saturated carbocycles. The number of nitrogens with zero attached hydrogens (tertiary/aromatic N) is 4. The lowest BCUT2D eigenvalue weighted by atomic mass is 10.1. The Morgan fingerprint density at radius 3 is 2.20 bits per heavy atom. The van der Waals surface area contributed by atoms with E-state index < -0.39 is 0 Å². The molecular formula is C28H36N4O3. The van der Waals surface area contributed by atoms with E-state index in [2.05, 4.69) is 40.1 Å². The first-order chi connectivity index (χ1) is 17.2. The third-order valence-electron chi connectivity index (χ3n) is 7.11. The Hall–Kier alpha value is -3.06. The highest BCUT2D eigenvalue weighted by Gasteiger charge is 2.24. The van der Waals surface area contributed by atoms with Gasteiger partial charge in [0, 0.05) is 38.8 Å². The SMILES string of the molecule is COc1cc2nc(N3CCCCCC3)nc(OC3CCN(Cc4ccccc4)CC3)c2cc1OC. The number of likely N-dealkylation sites (tertiary alicyclic amines) is 1. The number of rotatable bonds is 7. The second-order valence-corrected chi connectivity index (χ2v) is 9.53. The molecule has 7 heteroatoms. The van der Waals surface area contributed by atoms with Crippen LogP contribution in [0.2, 0.25) is 0 Å². The first kappa shape index (κ1) is 23.7. The fraction of sp³-hybridized carbons (Fsp3) is 0.500. The van der Waals surface area contributed by atoms with Crippen molar-refractivity contribution in [1.82, 2.24) is 14.9 Å². The molecule has 3 heterocycles. The average molecular weight is 477 g/mol. The lowest BCUT2D eigenvalue weighted by Gasteiger charge is -2.32. The van der Waals surface area contributed by atoms with Gasteiger partial charge in [-0.1, -0.05) is 43.2 Å². The number of aromatic nitrogens is 2. The Morgan fingerprint density at radius 1 is 0.829 bits per heavy atom. The Bertz CT molecular complexity index is 1110. The summed E-state index contributed by atoms with van der Waals surface area (Å²) in [4.78, 5) is 14.7. The molecule has 2 fully saturated rings. The summed E-state index contributed by atoms with van der Waals surface area (Å²) in [6.45, 7) is 4.98. The molecule has 1 aromatic heterocycles. The van der Waals surface area contributed by atoms with Crippen molar-refractivity contribution in [3.8, 4) is 17.4 Å². The van der Waals surface area contributed by atoms with Gasteiger partial charge in [-0.2, -0.15) is 4.98 Å². The molecule has 0 aliphatic carbocycles. The highest BCUT2D eigenvalue weighted by molar-refractivity contribution is 5.88. The number of piperidine rings is 1. The zero-order chi connectivity index (χ0) is 24.0. The summed E-state index contributed by atoms with van der Waals surface area (Å²) in [5.74, 6) is 2.73. The van der Waals surface area contributed by atoms with E-state index in [1.165, 1.54) is 31.2 Å². The van der Waals surface area contributed by atoms with Crippen molar-refractivity contribution in [1.29, 1.82) is 0 Å². The maximum atomic E-state index is 6.60. The first-order valence-electron chi connectivity index (χ1n) is 12.8. The second-order valence-electron chi connectivity index (χ2n) is 9.53. The number of fused-ring (bicyclic) bond motifs is 1. The van der Waals surface area contributed by atoms with Gasteiger partial charge in [-0.05, 0) is 37.3 Å². The van der Waals surface area contributed by atoms with Gasteiger partial charge in [0.15, 0.2) is 11.5 Å². The summed E-state index contributed by atoms with van der Waals surface area (Å²) in [5.41, 5.74) is 2.19. The third kappa shape index (κ3) is 5.61. The maximum Gasteiger partial charge on any atom is 0.229 e. The van der Waals surface area contributed by atoms with Gasteiger partial charge >= 0.3 is 0 Å². The van der Waals surface area contributed by atoms with Gasteiger partial charge in [0.25, 0.3) is 0 Å². The minimum atomic E-state index is 0.130. The van der Waals surface area contributed by atoms with E-state index in [9.17, 15) is 0 Å². The quantitative estimate of drug-likeness (QED) is 0.472. The molecule has 0 unspecified atom stereocenters. The van der Waals surface area contributed by atoms with Crippen LogP contribution in [0.4, 0.5) is 5.95 Å². The number of benzene rings is 2. The van der Waals surface area contributed by atoms with Crippen LogP contribution in [-0.4, -0.2) is 61.4 Å². The van der Waals surface area contributed by atoms with E-state index in [4.69, 9.17) is 24.2 Å². The Morgan fingerprint density at radius 2 is 1.51 bits per heavy atom. The molecule has 5 rings (SSSR count). The summed E-state index contributed by atoms with van der Waals surface area (Å²) in [6, 6.07) is 14.6. The summed E-state index contributed by atoms with van der Waals surface area (Å²) in [6.07, 6.45) is 6.95. The molecule has 35 heavy (non-hydrogen) atoms. The summed E-state index contributed by atoms with van der Waals surface area (Å²) >= 11 is 0. The van der Waals surface area contributed by atoms with Gasteiger partial charge in [-0.15, -0.1) is 0 Å². The molecule has 7 nitrogen and oxygen atoms in total. The van der Waals surface area contributed by atoms with E-state index >= 15 is 0 Å². The van der Waals surface area contributed by atoms with Crippen LogP contribution in [0, 0.1) is 0 Å². The molecule has 2 aromatic carbocycles. The van der Waals surface area contributed by atoms with E-state index in [1.54, 1.807) is 14.2 Å². The zero-order valence-electron chi connectivity index (χ0n) is 20.9. The van der Waals surface area contributed by atoms with Gasteiger partial charge in [0.1, 0.15) is 6.10 Å². The van der Waals surface area contributed by atoms with Crippen LogP contribution in [0.15, 0.2) is 42.5 Å². The molecule has 2 aliphatic heterocycles. The number of anilines is 1. The standard InChI is InChI=1S/C28H36N4O3/c1-33-25-18-23-24(19-26(25)34-2)29-28(32-14-8-3-4-9-15-32)30-27(23)35-22-12-16-31(17-13-22)20-21-10-6-5-7-11-21/h5-7,10-11,18-19,22H,3-4,8-9,12-17,20H2,1-2H3. The van der Waals surface area contributed by atoms with Crippen LogP contribution in [0.25, 0.3) is 10.9 Å². The molecule has 0 radical (unpaired) electrons. The minimum absolute atomic E-state index is 0.130. The normalized spacial score (nSPS) is 17.8. The smallest absolute Gasteiger partial charge is 0.229 e. The van der Waals surface area contributed by atoms with Crippen molar-refractivity contribution in [2.75, 3.05) is 45.3 Å². The van der Waals surface area contributed by atoms with Crippen molar-refractivity contribution in [3.05, 3.63) is 48.0 Å². The zero-order valence-corrected chi connectivity index (χ0v) is 20.9. The molecule has 186 valence electrons. The van der Waals surface area contributed by atoms with Gasteiger partial charge in [-0.3, -0.25) is 4.90 Å². The predicted molar refractivity (Wildman–Crippen MR) is 139 cm³/mol. The lowest BCUT2D eigenvalue weighted by Crippen LogP contribution is -2.38. The van der Waals surface area contributed by atoms with E-state index in [0.29, 0.717) is 17.4 Å². The highest BCUT2D eigenvalue weighted by Crippen LogP contribution is 2.37. The maximum absolute atomic E-state index is 6.60. The second kappa shape index (κ2) is 11.1. The summed E-state index contributed by atoms with van der Waals surface area (Å²) in [5, 5.41) is 0.868. The van der Waals surface area contributed by atoms with Gasteiger partial charge in [0.05, 0.1) is 25.1 Å². The van der Waals surface area contributed by atoms with Crippen molar-refractivity contribution in [2.45, 2.75) is 51.2 Å². The molecular weight excluding hydrogens is 440 g/mol. The molecule has 0 bridgehead atoms. The number of hydrogen-bond acceptors (Lipinski definition) is 7. The van der Waals surface area contributed by atoms with E-state index in [0.717, 1.165) is 62.4 Å². The Labute approximate surface area is 208 Å². The Kier molecular flexibility index (Phi) is 7.52. The van der Waals surface area contributed by atoms with Gasteiger partial charge < -0.3 is 19.1 Å². The number of methoxy groups -OCH3 is 2. The molecule has 2 saturated heterocycles. The van der Waals surface area contributed by atoms with Crippen LogP contribution in [0.1, 0.15) is 44.1 Å². The minimum Gasteiger partial charge on any atom is -0.493 e. The van der Waals surface area contributed by atoms with E-state index in [1.807, 2.05) is 12.1 Å². The van der Waals surface area contributed by atoms with E-state index in [-0.39, 0.29) is 6.10 Å². The molecule has 3 aromatic rings. The van der Waals surface area contributed by atoms with Crippen LogP contribution in [0.3, 0.4) is 0 Å². The van der Waals surface area contributed by atoms with Crippen LogP contribution in [0.5, 0.6) is 17.4 Å². The largest absolute Gasteiger partial charge is 0.493 e. The highest BCUT2D eigenvalue weighted by atomic mass is 16.5. The van der Waals surface area contributed by atoms with Crippen LogP contribution >= 0.6 is 0 Å². The lowest BCUT2D eigenvalue weighted by molar-refractivity contribution is 0.0945. The number of hydrogen-bond donors (Lipinski definition) is 0. The number of ether oxygens (including phenoxy) is 3. The summed E-state index contributed by atoms with van der Waals surface area (Å²) in [7, 11) is 3.31. The Balaban J connectivity index is 1.38.